The lowest BCUT2D eigenvalue weighted by Gasteiger charge is -2.11. The maximum atomic E-state index is 5.20. The van der Waals surface area contributed by atoms with E-state index >= 15 is 0 Å². The van der Waals surface area contributed by atoms with Crippen LogP contribution >= 0.6 is 12.2 Å². The second kappa shape index (κ2) is 6.48. The highest BCUT2D eigenvalue weighted by molar-refractivity contribution is 7.80. The van der Waals surface area contributed by atoms with E-state index in [4.69, 9.17) is 12.2 Å². The summed E-state index contributed by atoms with van der Waals surface area (Å²) in [7, 11) is 0. The van der Waals surface area contributed by atoms with E-state index in [1.165, 1.54) is 17.5 Å². The zero-order chi connectivity index (χ0) is 12.0. The molecule has 2 N–H and O–H groups in total. The van der Waals surface area contributed by atoms with Gasteiger partial charge in [-0.3, -0.25) is 0 Å². The van der Waals surface area contributed by atoms with Gasteiger partial charge in [-0.2, -0.15) is 0 Å². The van der Waals surface area contributed by atoms with E-state index in [2.05, 4.69) is 49.6 Å². The molecule has 0 fully saturated rings. The Balaban J connectivity index is 2.46. The molecule has 0 saturated heterocycles. The van der Waals surface area contributed by atoms with Crippen molar-refractivity contribution >= 4 is 23.0 Å². The van der Waals surface area contributed by atoms with Crippen molar-refractivity contribution in [2.75, 3.05) is 11.9 Å². The van der Waals surface area contributed by atoms with Crippen LogP contribution < -0.4 is 10.6 Å². The van der Waals surface area contributed by atoms with Crippen LogP contribution in [0.2, 0.25) is 0 Å². The standard InChI is InChI=1S/C13H20N2S/c1-4-5-8-14-13(16)15-12-7-6-10(2)11(3)9-12/h6-7,9H,4-5,8H2,1-3H3,(H2,14,15,16). The number of unbranched alkanes of at least 4 members (excludes halogenated alkanes) is 1. The number of thiocarbonyl (C=S) groups is 1. The number of nitrogens with one attached hydrogen (secondary N) is 2. The molecule has 0 heterocycles. The van der Waals surface area contributed by atoms with Crippen LogP contribution in [0.25, 0.3) is 0 Å². The van der Waals surface area contributed by atoms with Crippen LogP contribution in [0.5, 0.6) is 0 Å². The fourth-order valence-corrected chi connectivity index (χ4v) is 1.59. The van der Waals surface area contributed by atoms with Crippen molar-refractivity contribution < 1.29 is 0 Å². The Bertz CT molecular complexity index is 361. The highest BCUT2D eigenvalue weighted by atomic mass is 32.1. The summed E-state index contributed by atoms with van der Waals surface area (Å²) in [6.07, 6.45) is 2.33. The molecule has 1 aromatic rings. The van der Waals surface area contributed by atoms with Gasteiger partial charge in [0.25, 0.3) is 0 Å². The van der Waals surface area contributed by atoms with Gasteiger partial charge in [-0.25, -0.2) is 0 Å². The molecule has 0 spiro atoms. The first kappa shape index (κ1) is 13.0. The number of hydrogen-bond acceptors (Lipinski definition) is 1. The molecule has 16 heavy (non-hydrogen) atoms. The molecule has 3 heteroatoms. The number of hydrogen-bond donors (Lipinski definition) is 2. The van der Waals surface area contributed by atoms with Crippen LogP contribution in [-0.4, -0.2) is 11.7 Å². The molecular weight excluding hydrogens is 216 g/mol. The summed E-state index contributed by atoms with van der Waals surface area (Å²) in [6.45, 7) is 7.32. The molecule has 0 atom stereocenters. The van der Waals surface area contributed by atoms with E-state index < -0.39 is 0 Å². The van der Waals surface area contributed by atoms with E-state index in [1.807, 2.05) is 0 Å². The summed E-state index contributed by atoms with van der Waals surface area (Å²) in [5, 5.41) is 7.08. The number of benzene rings is 1. The Morgan fingerprint density at radius 1 is 1.25 bits per heavy atom. The summed E-state index contributed by atoms with van der Waals surface area (Å²) in [5.74, 6) is 0. The monoisotopic (exact) mass is 236 g/mol. The van der Waals surface area contributed by atoms with E-state index in [0.717, 1.165) is 18.7 Å². The number of rotatable bonds is 4. The molecule has 0 amide bonds. The minimum atomic E-state index is 0.705. The summed E-state index contributed by atoms with van der Waals surface area (Å²) in [6, 6.07) is 6.27. The minimum absolute atomic E-state index is 0.705. The largest absolute Gasteiger partial charge is 0.362 e. The molecule has 0 aliphatic carbocycles. The van der Waals surface area contributed by atoms with Gasteiger partial charge in [0.05, 0.1) is 0 Å². The van der Waals surface area contributed by atoms with Crippen LogP contribution in [0.3, 0.4) is 0 Å². The Hall–Kier alpha value is -1.09. The summed E-state index contributed by atoms with van der Waals surface area (Å²) in [4.78, 5) is 0. The molecular formula is C13H20N2S. The number of aryl methyl sites for hydroxylation is 2. The highest BCUT2D eigenvalue weighted by Gasteiger charge is 1.98. The van der Waals surface area contributed by atoms with Gasteiger partial charge in [-0.1, -0.05) is 19.4 Å². The smallest absolute Gasteiger partial charge is 0.170 e. The first-order chi connectivity index (χ1) is 7.63. The Kier molecular flexibility index (Phi) is 5.26. The van der Waals surface area contributed by atoms with Crippen molar-refractivity contribution in [1.29, 1.82) is 0 Å². The first-order valence-electron chi connectivity index (χ1n) is 5.75. The maximum Gasteiger partial charge on any atom is 0.170 e. The second-order valence-corrected chi connectivity index (χ2v) is 4.44. The first-order valence-corrected chi connectivity index (χ1v) is 6.16. The highest BCUT2D eigenvalue weighted by Crippen LogP contribution is 2.13. The minimum Gasteiger partial charge on any atom is -0.362 e. The zero-order valence-corrected chi connectivity index (χ0v) is 11.1. The fraction of sp³-hybridized carbons (Fsp3) is 0.462. The average Bonchev–Trinajstić information content (AvgIpc) is 2.24. The predicted octanol–water partition coefficient (Wildman–Crippen LogP) is 3.39. The molecule has 0 radical (unpaired) electrons. The average molecular weight is 236 g/mol. The number of anilines is 1. The maximum absolute atomic E-state index is 5.20. The fourth-order valence-electron chi connectivity index (χ4n) is 1.37. The zero-order valence-electron chi connectivity index (χ0n) is 10.3. The van der Waals surface area contributed by atoms with Gasteiger partial charge in [-0.15, -0.1) is 0 Å². The summed E-state index contributed by atoms with van der Waals surface area (Å²) in [5.41, 5.74) is 3.63. The molecule has 0 unspecified atom stereocenters. The van der Waals surface area contributed by atoms with Crippen LogP contribution in [0.1, 0.15) is 30.9 Å². The molecule has 0 saturated carbocycles. The normalized spacial score (nSPS) is 9.94. The van der Waals surface area contributed by atoms with Gasteiger partial charge in [-0.05, 0) is 55.7 Å². The van der Waals surface area contributed by atoms with Crippen LogP contribution in [-0.2, 0) is 0 Å². The summed E-state index contributed by atoms with van der Waals surface area (Å²) >= 11 is 5.20. The van der Waals surface area contributed by atoms with Crippen molar-refractivity contribution in [3.63, 3.8) is 0 Å². The lowest BCUT2D eigenvalue weighted by molar-refractivity contribution is 0.758. The Morgan fingerprint density at radius 3 is 2.62 bits per heavy atom. The predicted molar refractivity (Wildman–Crippen MR) is 75.0 cm³/mol. The third-order valence-corrected chi connectivity index (χ3v) is 2.83. The van der Waals surface area contributed by atoms with Gasteiger partial charge >= 0.3 is 0 Å². The van der Waals surface area contributed by atoms with Gasteiger partial charge in [0, 0.05) is 12.2 Å². The third kappa shape index (κ3) is 4.19. The van der Waals surface area contributed by atoms with Gasteiger partial charge < -0.3 is 10.6 Å². The molecule has 1 aromatic carbocycles. The van der Waals surface area contributed by atoms with Crippen molar-refractivity contribution in [2.24, 2.45) is 0 Å². The van der Waals surface area contributed by atoms with Crippen LogP contribution in [0, 0.1) is 13.8 Å². The Morgan fingerprint density at radius 2 is 2.00 bits per heavy atom. The Labute approximate surface area is 103 Å². The summed E-state index contributed by atoms with van der Waals surface area (Å²) < 4.78 is 0. The lowest BCUT2D eigenvalue weighted by atomic mass is 10.1. The van der Waals surface area contributed by atoms with Gasteiger partial charge in [0.1, 0.15) is 0 Å². The van der Waals surface area contributed by atoms with Crippen molar-refractivity contribution in [3.8, 4) is 0 Å². The quantitative estimate of drug-likeness (QED) is 0.619. The van der Waals surface area contributed by atoms with E-state index in [1.54, 1.807) is 0 Å². The van der Waals surface area contributed by atoms with Crippen molar-refractivity contribution in [3.05, 3.63) is 29.3 Å². The SMILES string of the molecule is CCCCNC(=S)Nc1ccc(C)c(C)c1. The van der Waals surface area contributed by atoms with E-state index in [-0.39, 0.29) is 0 Å². The molecule has 2 nitrogen and oxygen atoms in total. The van der Waals surface area contributed by atoms with E-state index in [0.29, 0.717) is 5.11 Å². The lowest BCUT2D eigenvalue weighted by Crippen LogP contribution is -2.29. The molecule has 1 rings (SSSR count). The molecule has 88 valence electrons. The van der Waals surface area contributed by atoms with Crippen LogP contribution in [0.15, 0.2) is 18.2 Å². The molecule has 0 aliphatic heterocycles. The van der Waals surface area contributed by atoms with Crippen molar-refractivity contribution in [1.82, 2.24) is 5.32 Å². The topological polar surface area (TPSA) is 24.1 Å². The molecule has 0 aromatic heterocycles. The molecule has 0 aliphatic rings. The molecule has 0 bridgehead atoms. The van der Waals surface area contributed by atoms with Gasteiger partial charge in [0.15, 0.2) is 5.11 Å². The van der Waals surface area contributed by atoms with Crippen molar-refractivity contribution in [2.45, 2.75) is 33.6 Å². The third-order valence-electron chi connectivity index (χ3n) is 2.58. The second-order valence-electron chi connectivity index (χ2n) is 4.03. The van der Waals surface area contributed by atoms with Gasteiger partial charge in [0.2, 0.25) is 0 Å². The van der Waals surface area contributed by atoms with Crippen LogP contribution in [0.4, 0.5) is 5.69 Å². The van der Waals surface area contributed by atoms with E-state index in [9.17, 15) is 0 Å².